The van der Waals surface area contributed by atoms with Crippen LogP contribution in [0.2, 0.25) is 0 Å². The van der Waals surface area contributed by atoms with Gasteiger partial charge in [0.1, 0.15) is 11.5 Å². The van der Waals surface area contributed by atoms with Gasteiger partial charge in [0, 0.05) is 11.0 Å². The molecule has 0 spiro atoms. The molecule has 1 N–H and O–H groups in total. The highest BCUT2D eigenvalue weighted by atomic mass is 16.5. The van der Waals surface area contributed by atoms with Gasteiger partial charge in [-0.15, -0.1) is 0 Å². The minimum Gasteiger partial charge on any atom is -0.496 e. The molecule has 0 aromatic heterocycles. The van der Waals surface area contributed by atoms with Crippen molar-refractivity contribution < 1.29 is 14.6 Å². The van der Waals surface area contributed by atoms with Gasteiger partial charge in [-0.2, -0.15) is 0 Å². The fourth-order valence-corrected chi connectivity index (χ4v) is 2.59. The zero-order valence-electron chi connectivity index (χ0n) is 11.4. The zero-order valence-corrected chi connectivity index (χ0v) is 11.4. The topological polar surface area (TPSA) is 38.7 Å². The third-order valence-corrected chi connectivity index (χ3v) is 3.65. The molecule has 3 nitrogen and oxygen atoms in total. The number of rotatable bonds is 3. The zero-order chi connectivity index (χ0) is 13.3. The van der Waals surface area contributed by atoms with Crippen LogP contribution in [0.15, 0.2) is 24.3 Å². The Morgan fingerprint density at radius 1 is 1.22 bits per heavy atom. The van der Waals surface area contributed by atoms with E-state index >= 15 is 0 Å². The lowest BCUT2D eigenvalue weighted by molar-refractivity contribution is 0.204. The summed E-state index contributed by atoms with van der Waals surface area (Å²) >= 11 is 0. The number of aliphatic hydroxyl groups is 1. The van der Waals surface area contributed by atoms with Crippen LogP contribution in [0.5, 0.6) is 11.5 Å². The Morgan fingerprint density at radius 3 is 2.39 bits per heavy atom. The highest BCUT2D eigenvalue weighted by Crippen LogP contribution is 2.42. The van der Waals surface area contributed by atoms with Crippen LogP contribution in [0, 0.1) is 6.92 Å². The van der Waals surface area contributed by atoms with Crippen LogP contribution in [0.4, 0.5) is 0 Å². The first-order chi connectivity index (χ1) is 8.50. The highest BCUT2D eigenvalue weighted by molar-refractivity contribution is 5.51. The van der Waals surface area contributed by atoms with Crippen molar-refractivity contribution in [2.24, 2.45) is 0 Å². The van der Waals surface area contributed by atoms with Crippen molar-refractivity contribution in [2.45, 2.75) is 31.8 Å². The maximum atomic E-state index is 9.71. The summed E-state index contributed by atoms with van der Waals surface area (Å²) in [5.41, 5.74) is 1.90. The van der Waals surface area contributed by atoms with Crippen LogP contribution in [-0.4, -0.2) is 25.4 Å². The van der Waals surface area contributed by atoms with Crippen molar-refractivity contribution >= 4 is 0 Å². The van der Waals surface area contributed by atoms with Gasteiger partial charge in [0.15, 0.2) is 0 Å². The van der Waals surface area contributed by atoms with Gasteiger partial charge < -0.3 is 14.6 Å². The minimum absolute atomic E-state index is 0.203. The molecule has 0 saturated carbocycles. The van der Waals surface area contributed by atoms with E-state index in [1.807, 2.05) is 31.2 Å². The third kappa shape index (κ3) is 2.10. The number of aliphatic hydroxyl groups excluding tert-OH is 1. The lowest BCUT2D eigenvalue weighted by Crippen LogP contribution is -2.20. The molecule has 0 fully saturated rings. The Morgan fingerprint density at radius 2 is 1.89 bits per heavy atom. The van der Waals surface area contributed by atoms with E-state index < -0.39 is 0 Å². The van der Waals surface area contributed by atoms with Crippen molar-refractivity contribution in [3.63, 3.8) is 0 Å². The summed E-state index contributed by atoms with van der Waals surface area (Å²) in [6.45, 7) is 4.10. The molecule has 2 atom stereocenters. The SMILES string of the molecule is COc1cc(C2(C)C=CC(O)C2)c(OC)cc1C. The first-order valence-corrected chi connectivity index (χ1v) is 6.10. The Labute approximate surface area is 108 Å². The quantitative estimate of drug-likeness (QED) is 0.836. The fraction of sp³-hybridized carbons (Fsp3) is 0.467. The normalized spacial score (nSPS) is 26.4. The Hall–Kier alpha value is -1.48. The number of hydrogen-bond acceptors (Lipinski definition) is 3. The van der Waals surface area contributed by atoms with Crippen molar-refractivity contribution in [2.75, 3.05) is 14.2 Å². The monoisotopic (exact) mass is 248 g/mol. The molecule has 0 bridgehead atoms. The Bertz CT molecular complexity index is 479. The number of methoxy groups -OCH3 is 2. The molecule has 0 amide bonds. The lowest BCUT2D eigenvalue weighted by Gasteiger charge is -2.26. The maximum absolute atomic E-state index is 9.71. The van der Waals surface area contributed by atoms with E-state index in [9.17, 15) is 5.11 Å². The molecule has 0 radical (unpaired) electrons. The molecule has 98 valence electrons. The molecule has 3 heteroatoms. The number of ether oxygens (including phenoxy) is 2. The van der Waals surface area contributed by atoms with E-state index in [0.29, 0.717) is 6.42 Å². The summed E-state index contributed by atoms with van der Waals surface area (Å²) in [6.07, 6.45) is 4.18. The van der Waals surface area contributed by atoms with Gasteiger partial charge >= 0.3 is 0 Å². The molecule has 1 aromatic rings. The van der Waals surface area contributed by atoms with Gasteiger partial charge in [-0.3, -0.25) is 0 Å². The average Bonchev–Trinajstić information content (AvgIpc) is 2.69. The molecule has 2 rings (SSSR count). The van der Waals surface area contributed by atoms with Crippen LogP contribution in [0.25, 0.3) is 0 Å². The second-order valence-electron chi connectivity index (χ2n) is 5.07. The predicted octanol–water partition coefficient (Wildman–Crippen LogP) is 2.59. The standard InChI is InChI=1S/C15H20O3/c1-10-7-14(18-4)12(8-13(10)17-3)15(2)6-5-11(16)9-15/h5-8,11,16H,9H2,1-4H3. The largest absolute Gasteiger partial charge is 0.496 e. The molecule has 0 aliphatic heterocycles. The number of hydrogen-bond donors (Lipinski definition) is 1. The molecular weight excluding hydrogens is 228 g/mol. The fourth-order valence-electron chi connectivity index (χ4n) is 2.59. The molecule has 18 heavy (non-hydrogen) atoms. The molecular formula is C15H20O3. The van der Waals surface area contributed by atoms with Gasteiger partial charge in [-0.25, -0.2) is 0 Å². The lowest BCUT2D eigenvalue weighted by atomic mass is 9.80. The van der Waals surface area contributed by atoms with Gasteiger partial charge in [0.25, 0.3) is 0 Å². The van der Waals surface area contributed by atoms with E-state index in [1.54, 1.807) is 14.2 Å². The first kappa shape index (κ1) is 13.0. The number of benzene rings is 1. The number of aryl methyl sites for hydroxylation is 1. The first-order valence-electron chi connectivity index (χ1n) is 6.10. The molecule has 2 unspecified atom stereocenters. The molecule has 0 heterocycles. The van der Waals surface area contributed by atoms with Gasteiger partial charge in [-0.05, 0) is 31.0 Å². The van der Waals surface area contributed by atoms with Crippen molar-refractivity contribution in [3.05, 3.63) is 35.4 Å². The summed E-state index contributed by atoms with van der Waals surface area (Å²) in [5, 5.41) is 9.71. The molecule has 0 saturated heterocycles. The van der Waals surface area contributed by atoms with Gasteiger partial charge in [-0.1, -0.05) is 19.1 Å². The highest BCUT2D eigenvalue weighted by Gasteiger charge is 2.34. The van der Waals surface area contributed by atoms with Crippen LogP contribution >= 0.6 is 0 Å². The summed E-state index contributed by atoms with van der Waals surface area (Å²) < 4.78 is 10.8. The Kier molecular flexibility index (Phi) is 3.35. The van der Waals surface area contributed by atoms with E-state index in [0.717, 1.165) is 22.6 Å². The van der Waals surface area contributed by atoms with E-state index in [2.05, 4.69) is 6.92 Å². The van der Waals surface area contributed by atoms with Crippen LogP contribution in [0.1, 0.15) is 24.5 Å². The van der Waals surface area contributed by atoms with Crippen molar-refractivity contribution in [1.29, 1.82) is 0 Å². The predicted molar refractivity (Wildman–Crippen MR) is 71.4 cm³/mol. The molecule has 1 aromatic carbocycles. The summed E-state index contributed by atoms with van der Waals surface area (Å²) in [6, 6.07) is 3.99. The second-order valence-corrected chi connectivity index (χ2v) is 5.07. The van der Waals surface area contributed by atoms with E-state index in [1.165, 1.54) is 0 Å². The third-order valence-electron chi connectivity index (χ3n) is 3.65. The van der Waals surface area contributed by atoms with Crippen molar-refractivity contribution in [3.8, 4) is 11.5 Å². The molecule has 1 aliphatic rings. The molecule has 1 aliphatic carbocycles. The van der Waals surface area contributed by atoms with Gasteiger partial charge in [0.05, 0.1) is 20.3 Å². The van der Waals surface area contributed by atoms with Crippen molar-refractivity contribution in [1.82, 2.24) is 0 Å². The smallest absolute Gasteiger partial charge is 0.123 e. The van der Waals surface area contributed by atoms with Crippen LogP contribution in [0.3, 0.4) is 0 Å². The Balaban J connectivity index is 2.52. The summed E-state index contributed by atoms with van der Waals surface area (Å²) in [4.78, 5) is 0. The maximum Gasteiger partial charge on any atom is 0.123 e. The van der Waals surface area contributed by atoms with Crippen LogP contribution < -0.4 is 9.47 Å². The second kappa shape index (κ2) is 4.65. The average molecular weight is 248 g/mol. The number of allylic oxidation sites excluding steroid dienone is 1. The minimum atomic E-state index is -0.382. The van der Waals surface area contributed by atoms with Gasteiger partial charge in [0.2, 0.25) is 0 Å². The summed E-state index contributed by atoms with van der Waals surface area (Å²) in [7, 11) is 3.34. The van der Waals surface area contributed by atoms with Crippen LogP contribution in [-0.2, 0) is 5.41 Å². The van der Waals surface area contributed by atoms with E-state index in [-0.39, 0.29) is 11.5 Å². The van der Waals surface area contributed by atoms with E-state index in [4.69, 9.17) is 9.47 Å². The summed E-state index contributed by atoms with van der Waals surface area (Å²) in [5.74, 6) is 1.69.